The van der Waals surface area contributed by atoms with E-state index >= 15 is 0 Å². The van der Waals surface area contributed by atoms with Crippen LogP contribution in [0.4, 0.5) is 0 Å². The summed E-state index contributed by atoms with van der Waals surface area (Å²) in [6, 6.07) is 11.4. The standard InChI is InChI=1S/C19H26N4O2/c1-4-23(5-2)18(24)16-10-8-15(9-11-16)13-21-19(20-3)22-14-17-7-6-12-25-17/h6-12H,4-5,13-14H2,1-3H3,(H2,20,21,22). The van der Waals surface area contributed by atoms with Crippen LogP contribution in [0.2, 0.25) is 0 Å². The minimum Gasteiger partial charge on any atom is -0.467 e. The zero-order valence-electron chi connectivity index (χ0n) is 15.1. The van der Waals surface area contributed by atoms with Gasteiger partial charge in [-0.25, -0.2) is 0 Å². The van der Waals surface area contributed by atoms with Gasteiger partial charge in [-0.2, -0.15) is 0 Å². The summed E-state index contributed by atoms with van der Waals surface area (Å²) >= 11 is 0. The molecule has 2 aromatic rings. The Balaban J connectivity index is 1.86. The van der Waals surface area contributed by atoms with Gasteiger partial charge in [-0.1, -0.05) is 12.1 Å². The highest BCUT2D eigenvalue weighted by atomic mass is 16.3. The van der Waals surface area contributed by atoms with Gasteiger partial charge in [0.15, 0.2) is 5.96 Å². The van der Waals surface area contributed by atoms with E-state index in [-0.39, 0.29) is 5.91 Å². The Bertz CT molecular complexity index is 674. The predicted octanol–water partition coefficient (Wildman–Crippen LogP) is 2.63. The van der Waals surface area contributed by atoms with Crippen LogP contribution in [0.5, 0.6) is 0 Å². The topological polar surface area (TPSA) is 69.9 Å². The largest absolute Gasteiger partial charge is 0.467 e. The molecule has 0 fully saturated rings. The van der Waals surface area contributed by atoms with Gasteiger partial charge in [-0.05, 0) is 43.7 Å². The van der Waals surface area contributed by atoms with Crippen LogP contribution in [-0.2, 0) is 13.1 Å². The molecule has 0 saturated carbocycles. The van der Waals surface area contributed by atoms with Crippen LogP contribution in [0.3, 0.4) is 0 Å². The number of nitrogens with zero attached hydrogens (tertiary/aromatic N) is 2. The first kappa shape index (κ1) is 18.6. The number of hydrogen-bond donors (Lipinski definition) is 2. The van der Waals surface area contributed by atoms with E-state index in [1.165, 1.54) is 0 Å². The third kappa shape index (κ3) is 5.38. The number of carbonyl (C=O) groups excluding carboxylic acids is 1. The quantitative estimate of drug-likeness (QED) is 0.599. The zero-order chi connectivity index (χ0) is 18.1. The molecule has 1 aromatic carbocycles. The van der Waals surface area contributed by atoms with E-state index in [0.29, 0.717) is 24.6 Å². The fourth-order valence-electron chi connectivity index (χ4n) is 2.45. The Labute approximate surface area is 148 Å². The Morgan fingerprint density at radius 2 is 1.76 bits per heavy atom. The van der Waals surface area contributed by atoms with Gasteiger partial charge in [0, 0.05) is 32.2 Å². The highest BCUT2D eigenvalue weighted by Gasteiger charge is 2.11. The number of furan rings is 1. The third-order valence-corrected chi connectivity index (χ3v) is 3.95. The molecule has 2 N–H and O–H groups in total. The minimum absolute atomic E-state index is 0.0698. The molecular weight excluding hydrogens is 316 g/mol. The summed E-state index contributed by atoms with van der Waals surface area (Å²) in [7, 11) is 1.73. The van der Waals surface area contributed by atoms with E-state index in [4.69, 9.17) is 4.42 Å². The van der Waals surface area contributed by atoms with Crippen molar-refractivity contribution in [2.24, 2.45) is 4.99 Å². The number of hydrogen-bond acceptors (Lipinski definition) is 3. The summed E-state index contributed by atoms with van der Waals surface area (Å²) in [5, 5.41) is 6.43. The van der Waals surface area contributed by atoms with Crippen molar-refractivity contribution in [1.82, 2.24) is 15.5 Å². The number of rotatable bonds is 7. The van der Waals surface area contributed by atoms with Crippen LogP contribution in [0.1, 0.15) is 35.5 Å². The van der Waals surface area contributed by atoms with Gasteiger partial charge < -0.3 is 20.0 Å². The monoisotopic (exact) mass is 342 g/mol. The van der Waals surface area contributed by atoms with E-state index in [9.17, 15) is 4.79 Å². The molecule has 0 spiro atoms. The van der Waals surface area contributed by atoms with Crippen molar-refractivity contribution in [3.63, 3.8) is 0 Å². The number of amides is 1. The lowest BCUT2D eigenvalue weighted by Gasteiger charge is -2.18. The van der Waals surface area contributed by atoms with Gasteiger partial charge in [0.25, 0.3) is 5.91 Å². The summed E-state index contributed by atoms with van der Waals surface area (Å²) < 4.78 is 5.28. The Morgan fingerprint density at radius 1 is 1.08 bits per heavy atom. The molecular formula is C19H26N4O2. The predicted molar refractivity (Wildman–Crippen MR) is 99.4 cm³/mol. The highest BCUT2D eigenvalue weighted by Crippen LogP contribution is 2.08. The zero-order valence-corrected chi connectivity index (χ0v) is 15.1. The second-order valence-electron chi connectivity index (χ2n) is 5.53. The van der Waals surface area contributed by atoms with Crippen molar-refractivity contribution in [3.05, 3.63) is 59.5 Å². The molecule has 0 aliphatic heterocycles. The van der Waals surface area contributed by atoms with Crippen LogP contribution in [-0.4, -0.2) is 36.9 Å². The average Bonchev–Trinajstić information content (AvgIpc) is 3.17. The van der Waals surface area contributed by atoms with Gasteiger partial charge in [-0.15, -0.1) is 0 Å². The molecule has 6 heteroatoms. The van der Waals surface area contributed by atoms with Gasteiger partial charge in [0.05, 0.1) is 12.8 Å². The number of guanidine groups is 1. The molecule has 1 heterocycles. The highest BCUT2D eigenvalue weighted by molar-refractivity contribution is 5.94. The van der Waals surface area contributed by atoms with Crippen LogP contribution in [0.25, 0.3) is 0 Å². The molecule has 6 nitrogen and oxygen atoms in total. The maximum absolute atomic E-state index is 12.3. The molecule has 1 aromatic heterocycles. The summed E-state index contributed by atoms with van der Waals surface area (Å²) in [5.41, 5.74) is 1.80. The number of carbonyl (C=O) groups is 1. The maximum Gasteiger partial charge on any atom is 0.253 e. The molecule has 0 bridgehead atoms. The fraction of sp³-hybridized carbons (Fsp3) is 0.368. The van der Waals surface area contributed by atoms with Crippen LogP contribution in [0, 0.1) is 0 Å². The van der Waals surface area contributed by atoms with Crippen molar-refractivity contribution >= 4 is 11.9 Å². The molecule has 2 rings (SSSR count). The SMILES string of the molecule is CCN(CC)C(=O)c1ccc(CNC(=NC)NCc2ccco2)cc1. The molecule has 0 unspecified atom stereocenters. The Hall–Kier alpha value is -2.76. The van der Waals surface area contributed by atoms with Gasteiger partial charge in [-0.3, -0.25) is 9.79 Å². The van der Waals surface area contributed by atoms with Crippen molar-refractivity contribution in [2.75, 3.05) is 20.1 Å². The van der Waals surface area contributed by atoms with Crippen LogP contribution in [0.15, 0.2) is 52.1 Å². The van der Waals surface area contributed by atoms with Crippen LogP contribution >= 0.6 is 0 Å². The van der Waals surface area contributed by atoms with E-state index < -0.39 is 0 Å². The van der Waals surface area contributed by atoms with Crippen molar-refractivity contribution in [3.8, 4) is 0 Å². The van der Waals surface area contributed by atoms with Gasteiger partial charge >= 0.3 is 0 Å². The van der Waals surface area contributed by atoms with Crippen molar-refractivity contribution in [1.29, 1.82) is 0 Å². The molecule has 0 aliphatic rings. The molecule has 0 atom stereocenters. The molecule has 0 radical (unpaired) electrons. The van der Waals surface area contributed by atoms with Crippen molar-refractivity contribution < 1.29 is 9.21 Å². The Kier molecular flexibility index (Phi) is 7.07. The number of aliphatic imine (C=N–C) groups is 1. The van der Waals surface area contributed by atoms with Crippen LogP contribution < -0.4 is 10.6 Å². The van der Waals surface area contributed by atoms with Gasteiger partial charge in [0.1, 0.15) is 5.76 Å². The summed E-state index contributed by atoms with van der Waals surface area (Å²) in [5.74, 6) is 1.61. The number of nitrogens with one attached hydrogen (secondary N) is 2. The van der Waals surface area contributed by atoms with Crippen molar-refractivity contribution in [2.45, 2.75) is 26.9 Å². The lowest BCUT2D eigenvalue weighted by molar-refractivity contribution is 0.0773. The smallest absolute Gasteiger partial charge is 0.253 e. The first-order chi connectivity index (χ1) is 12.2. The molecule has 1 amide bonds. The van der Waals surface area contributed by atoms with E-state index in [2.05, 4.69) is 15.6 Å². The second-order valence-corrected chi connectivity index (χ2v) is 5.53. The van der Waals surface area contributed by atoms with Gasteiger partial charge in [0.2, 0.25) is 0 Å². The first-order valence-corrected chi connectivity index (χ1v) is 8.53. The summed E-state index contributed by atoms with van der Waals surface area (Å²) in [4.78, 5) is 18.3. The third-order valence-electron chi connectivity index (χ3n) is 3.95. The normalized spacial score (nSPS) is 11.2. The van der Waals surface area contributed by atoms with E-state index in [0.717, 1.165) is 24.4 Å². The van der Waals surface area contributed by atoms with E-state index in [1.54, 1.807) is 13.3 Å². The lowest BCUT2D eigenvalue weighted by atomic mass is 10.1. The fourth-order valence-corrected chi connectivity index (χ4v) is 2.45. The number of benzene rings is 1. The average molecular weight is 342 g/mol. The maximum atomic E-state index is 12.3. The molecule has 0 aliphatic carbocycles. The Morgan fingerprint density at radius 3 is 2.32 bits per heavy atom. The minimum atomic E-state index is 0.0698. The van der Waals surface area contributed by atoms with E-state index in [1.807, 2.05) is 55.1 Å². The lowest BCUT2D eigenvalue weighted by Crippen LogP contribution is -2.36. The first-order valence-electron chi connectivity index (χ1n) is 8.53. The molecule has 134 valence electrons. The second kappa shape index (κ2) is 9.52. The molecule has 25 heavy (non-hydrogen) atoms. The summed E-state index contributed by atoms with van der Waals surface area (Å²) in [6.45, 7) is 6.61. The molecule has 0 saturated heterocycles. The summed E-state index contributed by atoms with van der Waals surface area (Å²) in [6.07, 6.45) is 1.65.